The molecule has 0 N–H and O–H groups in total. The lowest BCUT2D eigenvalue weighted by Gasteiger charge is -2.28. The summed E-state index contributed by atoms with van der Waals surface area (Å²) >= 11 is 0. The highest BCUT2D eigenvalue weighted by molar-refractivity contribution is 6.00. The lowest BCUT2D eigenvalue weighted by Crippen LogP contribution is -2.37. The van der Waals surface area contributed by atoms with E-state index in [9.17, 15) is 19.2 Å². The number of fused-ring (bicyclic) bond motifs is 3. The molecule has 59 heavy (non-hydrogen) atoms. The summed E-state index contributed by atoms with van der Waals surface area (Å²) in [5.74, 6) is -0.455. The van der Waals surface area contributed by atoms with Gasteiger partial charge in [-0.3, -0.25) is 23.6 Å². The maximum atomic E-state index is 16.0. The minimum atomic E-state index is -0.881. The number of carbonyl (C=O) groups is 1. The Morgan fingerprint density at radius 1 is 1.00 bits per heavy atom. The standard InChI is InChI=1S/C45H41F2N9O3/c1-25-17-31(18-26(2)39(25)46)56-42(55-14-13-54(44(55)58)38-8-7-37-33(40(38)47)22-49-52(37)4)34-23-53(12-9-35(34)51-56)43(57)32-19-30-6-5-29(28-10-15-59-16-11-28)20-36(30)50-41(32)45(24-48)21-27(45)3/h5-8,13-14,17-20,22,27-28H,9-12,15-16,21,23H2,1-4H3/t27-,45+/m0/s1. The van der Waals surface area contributed by atoms with Crippen LogP contribution in [0.4, 0.5) is 8.78 Å². The van der Waals surface area contributed by atoms with Gasteiger partial charge >= 0.3 is 5.69 Å². The van der Waals surface area contributed by atoms with Gasteiger partial charge in [-0.25, -0.2) is 18.3 Å². The normalized spacial score (nSPS) is 19.3. The Bertz CT molecular complexity index is 2980. The van der Waals surface area contributed by atoms with E-state index in [0.717, 1.165) is 23.7 Å². The van der Waals surface area contributed by atoms with E-state index in [-0.39, 0.29) is 35.3 Å². The second kappa shape index (κ2) is 13.6. The molecule has 0 spiro atoms. The number of hydrogen-bond acceptors (Lipinski definition) is 7. The molecule has 3 aromatic carbocycles. The van der Waals surface area contributed by atoms with Gasteiger partial charge in [0.15, 0.2) is 5.82 Å². The SMILES string of the molecule is Cc1cc(-n2nc3c(c2-n2ccn(-c4ccc5c(cnn5C)c4F)c2=O)CN(C(=O)c2cc4ccc(C5CCOCC5)cc4nc2[C@@]2(C#N)C[C@@H]2C)CC3)cc(C)c1F. The summed E-state index contributed by atoms with van der Waals surface area (Å²) in [6.45, 7) is 7.20. The largest absolute Gasteiger partial charge is 0.381 e. The first-order chi connectivity index (χ1) is 28.5. The number of hydrogen-bond donors (Lipinski definition) is 0. The fraction of sp³-hybridized carbons (Fsp3) is 0.333. The third kappa shape index (κ3) is 5.73. The molecular weight excluding hydrogens is 753 g/mol. The molecule has 1 saturated carbocycles. The average molecular weight is 794 g/mol. The van der Waals surface area contributed by atoms with Crippen molar-refractivity contribution in [2.75, 3.05) is 19.8 Å². The van der Waals surface area contributed by atoms with Crippen LogP contribution in [0.15, 0.2) is 71.9 Å². The van der Waals surface area contributed by atoms with Gasteiger partial charge in [-0.1, -0.05) is 19.1 Å². The van der Waals surface area contributed by atoms with Crippen LogP contribution >= 0.6 is 0 Å². The predicted octanol–water partition coefficient (Wildman–Crippen LogP) is 7.04. The van der Waals surface area contributed by atoms with E-state index in [1.165, 1.54) is 27.1 Å². The molecule has 298 valence electrons. The molecule has 1 aliphatic carbocycles. The van der Waals surface area contributed by atoms with Crippen LogP contribution in [0.5, 0.6) is 0 Å². The topological polar surface area (TPSA) is 129 Å². The van der Waals surface area contributed by atoms with Crippen molar-refractivity contribution in [3.8, 4) is 23.3 Å². The zero-order valence-corrected chi connectivity index (χ0v) is 33.2. The summed E-state index contributed by atoms with van der Waals surface area (Å²) < 4.78 is 42.3. The monoisotopic (exact) mass is 793 g/mol. The molecule has 1 saturated heterocycles. The van der Waals surface area contributed by atoms with E-state index in [4.69, 9.17) is 14.8 Å². The van der Waals surface area contributed by atoms with E-state index in [0.29, 0.717) is 89.2 Å². The number of aryl methyl sites for hydroxylation is 3. The second-order valence-corrected chi connectivity index (χ2v) is 16.4. The van der Waals surface area contributed by atoms with E-state index in [2.05, 4.69) is 23.3 Å². The lowest BCUT2D eigenvalue weighted by atomic mass is 9.89. The molecule has 6 heterocycles. The third-order valence-electron chi connectivity index (χ3n) is 12.8. The number of ether oxygens (including phenoxy) is 1. The molecule has 2 atom stereocenters. The van der Waals surface area contributed by atoms with Crippen LogP contribution in [0.2, 0.25) is 0 Å². The summed E-state index contributed by atoms with van der Waals surface area (Å²) in [5.41, 5.74) is 4.65. The van der Waals surface area contributed by atoms with Gasteiger partial charge in [0.2, 0.25) is 0 Å². The van der Waals surface area contributed by atoms with E-state index < -0.39 is 16.9 Å². The van der Waals surface area contributed by atoms with Crippen LogP contribution in [0, 0.1) is 42.7 Å². The molecule has 10 rings (SSSR count). The van der Waals surface area contributed by atoms with Gasteiger partial charge in [-0.2, -0.15) is 15.5 Å². The molecule has 2 aliphatic heterocycles. The highest BCUT2D eigenvalue weighted by Crippen LogP contribution is 2.54. The van der Waals surface area contributed by atoms with Crippen molar-refractivity contribution < 1.29 is 18.3 Å². The number of pyridine rings is 1. The van der Waals surface area contributed by atoms with Gasteiger partial charge in [0.05, 0.1) is 63.6 Å². The maximum Gasteiger partial charge on any atom is 0.338 e. The molecule has 1 amide bonds. The van der Waals surface area contributed by atoms with Crippen LogP contribution in [0.25, 0.3) is 39.0 Å². The van der Waals surface area contributed by atoms with Crippen molar-refractivity contribution in [2.45, 2.75) is 64.3 Å². The number of carbonyl (C=O) groups excluding carboxylic acids is 1. The van der Waals surface area contributed by atoms with Crippen molar-refractivity contribution in [2.24, 2.45) is 13.0 Å². The predicted molar refractivity (Wildman–Crippen MR) is 216 cm³/mol. The Hall–Kier alpha value is -6.46. The molecule has 3 aliphatic rings. The first-order valence-corrected chi connectivity index (χ1v) is 20.0. The fourth-order valence-electron chi connectivity index (χ4n) is 9.20. The molecule has 12 nitrogen and oxygen atoms in total. The Balaban J connectivity index is 1.08. The zero-order valence-electron chi connectivity index (χ0n) is 33.2. The highest BCUT2D eigenvalue weighted by Gasteiger charge is 2.56. The Morgan fingerprint density at radius 2 is 1.75 bits per heavy atom. The number of aromatic nitrogens is 7. The average Bonchev–Trinajstić information content (AvgIpc) is 3.49. The number of imidazole rings is 1. The smallest absolute Gasteiger partial charge is 0.338 e. The molecule has 2 fully saturated rings. The number of benzene rings is 3. The third-order valence-corrected chi connectivity index (χ3v) is 12.8. The van der Waals surface area contributed by atoms with Crippen molar-refractivity contribution in [3.05, 3.63) is 128 Å². The number of nitrogens with zero attached hydrogens (tertiary/aromatic N) is 9. The Labute approximate surface area is 337 Å². The van der Waals surface area contributed by atoms with Crippen LogP contribution < -0.4 is 5.69 Å². The zero-order chi connectivity index (χ0) is 40.9. The van der Waals surface area contributed by atoms with E-state index in [1.807, 2.05) is 19.1 Å². The summed E-state index contributed by atoms with van der Waals surface area (Å²) in [5, 5.41) is 20.8. The molecule has 14 heteroatoms. The van der Waals surface area contributed by atoms with Gasteiger partial charge in [0.1, 0.15) is 17.1 Å². The maximum absolute atomic E-state index is 16.0. The molecule has 0 unspecified atom stereocenters. The number of rotatable bonds is 6. The summed E-state index contributed by atoms with van der Waals surface area (Å²) in [6, 6.07) is 17.2. The number of halogens is 2. The first kappa shape index (κ1) is 36.9. The quantitative estimate of drug-likeness (QED) is 0.177. The van der Waals surface area contributed by atoms with Gasteiger partial charge < -0.3 is 9.64 Å². The Kier molecular flexibility index (Phi) is 8.47. The van der Waals surface area contributed by atoms with Crippen molar-refractivity contribution in [1.29, 1.82) is 5.26 Å². The van der Waals surface area contributed by atoms with Gasteiger partial charge in [-0.05, 0) is 98.0 Å². The van der Waals surface area contributed by atoms with Crippen LogP contribution in [0.3, 0.4) is 0 Å². The second-order valence-electron chi connectivity index (χ2n) is 16.4. The van der Waals surface area contributed by atoms with Crippen molar-refractivity contribution >= 4 is 27.7 Å². The van der Waals surface area contributed by atoms with Crippen LogP contribution in [-0.4, -0.2) is 64.2 Å². The van der Waals surface area contributed by atoms with E-state index >= 15 is 4.39 Å². The number of amides is 1. The number of nitriles is 1. The summed E-state index contributed by atoms with van der Waals surface area (Å²) in [4.78, 5) is 36.2. The van der Waals surface area contributed by atoms with Crippen molar-refractivity contribution in [1.82, 2.24) is 38.6 Å². The molecule has 0 radical (unpaired) electrons. The summed E-state index contributed by atoms with van der Waals surface area (Å²) in [7, 11) is 1.72. The Morgan fingerprint density at radius 3 is 2.47 bits per heavy atom. The van der Waals surface area contributed by atoms with E-state index in [1.54, 1.807) is 65.6 Å². The van der Waals surface area contributed by atoms with Gasteiger partial charge in [0, 0.05) is 56.6 Å². The molecular formula is C45H41F2N9O3. The lowest BCUT2D eigenvalue weighted by molar-refractivity contribution is 0.0732. The summed E-state index contributed by atoms with van der Waals surface area (Å²) in [6.07, 6.45) is 7.31. The van der Waals surface area contributed by atoms with Crippen LogP contribution in [0.1, 0.15) is 76.1 Å². The minimum absolute atomic E-state index is 0.0303. The van der Waals surface area contributed by atoms with Gasteiger partial charge in [-0.15, -0.1) is 0 Å². The van der Waals surface area contributed by atoms with Crippen LogP contribution in [-0.2, 0) is 30.2 Å². The fourth-order valence-corrected chi connectivity index (χ4v) is 9.20. The van der Waals surface area contributed by atoms with Crippen molar-refractivity contribution in [3.63, 3.8) is 0 Å². The molecule has 7 aromatic rings. The minimum Gasteiger partial charge on any atom is -0.381 e. The highest BCUT2D eigenvalue weighted by atomic mass is 19.1. The first-order valence-electron chi connectivity index (χ1n) is 20.0. The molecule has 4 aromatic heterocycles. The molecule has 0 bridgehead atoms. The van der Waals surface area contributed by atoms with Gasteiger partial charge in [0.25, 0.3) is 5.91 Å².